The van der Waals surface area contributed by atoms with Crippen LogP contribution in [0, 0.1) is 6.92 Å². The minimum Gasteiger partial charge on any atom is -0.465 e. The largest absolute Gasteiger partial charge is 0.465 e. The van der Waals surface area contributed by atoms with Crippen LogP contribution in [-0.4, -0.2) is 48.7 Å². The average Bonchev–Trinajstić information content (AvgIpc) is 3.47. The van der Waals surface area contributed by atoms with Gasteiger partial charge in [0.05, 0.1) is 12.6 Å². The molecule has 0 amide bonds. The number of esters is 1. The number of nitrogens with zero attached hydrogens (tertiary/aromatic N) is 5. The van der Waals surface area contributed by atoms with Gasteiger partial charge in [-0.2, -0.15) is 0 Å². The number of aryl methyl sites for hydroxylation is 1. The molecule has 1 aromatic carbocycles. The fourth-order valence-electron chi connectivity index (χ4n) is 4.87. The lowest BCUT2D eigenvalue weighted by Crippen LogP contribution is -2.39. The number of carbonyl (C=O) groups is 1. The third-order valence-corrected chi connectivity index (χ3v) is 6.45. The van der Waals surface area contributed by atoms with Crippen LogP contribution in [0.4, 0.5) is 0 Å². The maximum atomic E-state index is 13.0. The number of aromatic amines is 1. The van der Waals surface area contributed by atoms with E-state index in [0.717, 1.165) is 41.3 Å². The van der Waals surface area contributed by atoms with E-state index in [9.17, 15) is 9.59 Å². The van der Waals surface area contributed by atoms with E-state index in [4.69, 9.17) is 4.74 Å². The van der Waals surface area contributed by atoms with Crippen LogP contribution in [-0.2, 0) is 22.6 Å². The molecular formula is C24H32N6O3. The van der Waals surface area contributed by atoms with Crippen molar-refractivity contribution in [3.63, 3.8) is 0 Å². The van der Waals surface area contributed by atoms with Crippen molar-refractivity contribution >= 4 is 16.9 Å². The van der Waals surface area contributed by atoms with Gasteiger partial charge < -0.3 is 9.72 Å². The van der Waals surface area contributed by atoms with Crippen LogP contribution >= 0.6 is 0 Å². The normalized spacial score (nSPS) is 15.4. The predicted octanol–water partition coefficient (Wildman–Crippen LogP) is 3.28. The molecule has 0 saturated heterocycles. The lowest BCUT2D eigenvalue weighted by molar-refractivity contribution is -0.144. The summed E-state index contributed by atoms with van der Waals surface area (Å²) in [7, 11) is 0. The van der Waals surface area contributed by atoms with E-state index in [2.05, 4.69) is 38.4 Å². The molecule has 0 bridgehead atoms. The van der Waals surface area contributed by atoms with Crippen molar-refractivity contribution in [3.05, 3.63) is 51.6 Å². The van der Waals surface area contributed by atoms with Gasteiger partial charge in [0.1, 0.15) is 6.54 Å². The molecule has 0 spiro atoms. The Hall–Kier alpha value is -3.07. The number of nitrogens with one attached hydrogen (secondary N) is 1. The Bertz CT molecular complexity index is 1160. The third-order valence-electron chi connectivity index (χ3n) is 6.45. The maximum absolute atomic E-state index is 13.0. The summed E-state index contributed by atoms with van der Waals surface area (Å²) in [6.45, 7) is 6.69. The summed E-state index contributed by atoms with van der Waals surface area (Å²) in [6, 6.07) is 8.24. The first-order chi connectivity index (χ1) is 16.0. The van der Waals surface area contributed by atoms with Crippen LogP contribution in [0.15, 0.2) is 29.1 Å². The number of fused-ring (bicyclic) bond motifs is 1. The molecule has 9 nitrogen and oxygen atoms in total. The van der Waals surface area contributed by atoms with Crippen LogP contribution in [0.1, 0.15) is 68.9 Å². The number of aromatic nitrogens is 5. The van der Waals surface area contributed by atoms with Gasteiger partial charge in [-0.3, -0.25) is 14.5 Å². The summed E-state index contributed by atoms with van der Waals surface area (Å²) >= 11 is 0. The lowest BCUT2D eigenvalue weighted by atomic mass is 10.0. The number of tetrazole rings is 1. The molecule has 176 valence electrons. The number of H-pyrrole nitrogens is 1. The summed E-state index contributed by atoms with van der Waals surface area (Å²) in [4.78, 5) is 30.4. The smallest absolute Gasteiger partial charge is 0.327 e. The Balaban J connectivity index is 1.69. The number of hydrogen-bond donors (Lipinski definition) is 1. The summed E-state index contributed by atoms with van der Waals surface area (Å²) in [5, 5.41) is 13.2. The van der Waals surface area contributed by atoms with Crippen molar-refractivity contribution in [3.8, 4) is 0 Å². The molecule has 2 aromatic heterocycles. The van der Waals surface area contributed by atoms with Gasteiger partial charge in [0.2, 0.25) is 0 Å². The molecule has 1 atom stereocenters. The van der Waals surface area contributed by atoms with Crippen LogP contribution in [0.25, 0.3) is 10.9 Å². The van der Waals surface area contributed by atoms with E-state index in [1.165, 1.54) is 17.5 Å². The van der Waals surface area contributed by atoms with E-state index in [-0.39, 0.29) is 24.1 Å². The molecule has 0 aliphatic heterocycles. The van der Waals surface area contributed by atoms with Crippen molar-refractivity contribution < 1.29 is 9.53 Å². The Morgan fingerprint density at radius 1 is 1.27 bits per heavy atom. The van der Waals surface area contributed by atoms with Gasteiger partial charge in [-0.05, 0) is 67.1 Å². The summed E-state index contributed by atoms with van der Waals surface area (Å²) in [5.74, 6) is 0.264. The highest BCUT2D eigenvalue weighted by Crippen LogP contribution is 2.33. The highest BCUT2D eigenvalue weighted by Gasteiger charge is 2.33. The first-order valence-electron chi connectivity index (χ1n) is 11.8. The molecule has 2 heterocycles. The minimum atomic E-state index is -0.366. The molecule has 1 fully saturated rings. The first kappa shape index (κ1) is 23.1. The molecule has 0 radical (unpaired) electrons. The van der Waals surface area contributed by atoms with Gasteiger partial charge in [0.25, 0.3) is 5.56 Å². The predicted molar refractivity (Wildman–Crippen MR) is 125 cm³/mol. The quantitative estimate of drug-likeness (QED) is 0.497. The first-order valence-corrected chi connectivity index (χ1v) is 11.8. The van der Waals surface area contributed by atoms with Gasteiger partial charge in [-0.15, -0.1) is 5.10 Å². The Morgan fingerprint density at radius 2 is 2.06 bits per heavy atom. The fraction of sp³-hybridized carbons (Fsp3) is 0.542. The molecule has 1 N–H and O–H groups in total. The second kappa shape index (κ2) is 10.2. The average molecular weight is 453 g/mol. The van der Waals surface area contributed by atoms with Crippen molar-refractivity contribution in [2.75, 3.05) is 6.61 Å². The van der Waals surface area contributed by atoms with Gasteiger partial charge in [0.15, 0.2) is 5.82 Å². The number of hydrogen-bond acceptors (Lipinski definition) is 7. The highest BCUT2D eigenvalue weighted by atomic mass is 16.5. The number of ether oxygens (including phenoxy) is 1. The molecule has 1 saturated carbocycles. The van der Waals surface area contributed by atoms with E-state index in [1.807, 2.05) is 25.1 Å². The summed E-state index contributed by atoms with van der Waals surface area (Å²) < 4.78 is 6.62. The topological polar surface area (TPSA) is 106 Å². The second-order valence-electron chi connectivity index (χ2n) is 8.75. The number of carbonyl (C=O) groups excluding carboxylic acids is 1. The van der Waals surface area contributed by atoms with Crippen molar-refractivity contribution in [1.29, 1.82) is 0 Å². The molecular weight excluding hydrogens is 420 g/mol. The lowest BCUT2D eigenvalue weighted by Gasteiger charge is -2.35. The van der Waals surface area contributed by atoms with Crippen LogP contribution in [0.5, 0.6) is 0 Å². The number of pyridine rings is 1. The van der Waals surface area contributed by atoms with E-state index in [0.29, 0.717) is 25.0 Å². The van der Waals surface area contributed by atoms with Gasteiger partial charge in [-0.1, -0.05) is 31.4 Å². The third kappa shape index (κ3) is 5.13. The minimum absolute atomic E-state index is 0.0268. The monoisotopic (exact) mass is 452 g/mol. The number of rotatable bonds is 9. The van der Waals surface area contributed by atoms with E-state index in [1.54, 1.807) is 6.92 Å². The molecule has 1 aliphatic carbocycles. The van der Waals surface area contributed by atoms with Crippen molar-refractivity contribution in [2.24, 2.45) is 0 Å². The zero-order valence-corrected chi connectivity index (χ0v) is 19.6. The van der Waals surface area contributed by atoms with Crippen LogP contribution in [0.3, 0.4) is 0 Å². The Morgan fingerprint density at radius 3 is 2.79 bits per heavy atom. The summed E-state index contributed by atoms with van der Waals surface area (Å²) in [6.07, 6.45) is 5.22. The highest BCUT2D eigenvalue weighted by molar-refractivity contribution is 5.79. The van der Waals surface area contributed by atoms with Crippen molar-refractivity contribution in [2.45, 2.75) is 78.0 Å². The molecule has 1 aliphatic rings. The zero-order chi connectivity index (χ0) is 23.4. The van der Waals surface area contributed by atoms with E-state index >= 15 is 0 Å². The van der Waals surface area contributed by atoms with Gasteiger partial charge >= 0.3 is 5.97 Å². The second-order valence-corrected chi connectivity index (χ2v) is 8.75. The Labute approximate surface area is 193 Å². The van der Waals surface area contributed by atoms with Crippen LogP contribution in [0.2, 0.25) is 0 Å². The van der Waals surface area contributed by atoms with Crippen LogP contribution < -0.4 is 5.56 Å². The zero-order valence-electron chi connectivity index (χ0n) is 19.6. The van der Waals surface area contributed by atoms with Gasteiger partial charge in [-0.25, -0.2) is 4.68 Å². The van der Waals surface area contributed by atoms with E-state index < -0.39 is 0 Å². The molecule has 33 heavy (non-hydrogen) atoms. The molecule has 9 heteroatoms. The SMILES string of the molecule is CCOC(=O)Cn1nnnc1C(CC)N(Cc1cc2cc(C)ccc2[nH]c1=O)C1CCCC1. The standard InChI is InChI=1S/C24H32N6O3/c1-4-21(23-26-27-28-30(23)15-22(31)33-5-2)29(19-8-6-7-9-19)14-18-13-17-12-16(3)10-11-20(17)25-24(18)32/h10-13,19,21H,4-9,14-15H2,1-3H3,(H,25,32). The molecule has 4 rings (SSSR count). The molecule has 3 aromatic rings. The fourth-order valence-corrected chi connectivity index (χ4v) is 4.87. The van der Waals surface area contributed by atoms with Gasteiger partial charge in [0, 0.05) is 23.7 Å². The molecule has 1 unspecified atom stereocenters. The Kier molecular flexibility index (Phi) is 7.17. The number of benzene rings is 1. The summed E-state index contributed by atoms with van der Waals surface area (Å²) in [5.41, 5.74) is 2.64. The maximum Gasteiger partial charge on any atom is 0.327 e. The van der Waals surface area contributed by atoms with Crippen molar-refractivity contribution in [1.82, 2.24) is 30.1 Å².